The molecule has 0 spiro atoms. The first-order valence-corrected chi connectivity index (χ1v) is 5.39. The van der Waals surface area contributed by atoms with Crippen LogP contribution in [0.5, 0.6) is 0 Å². The molecule has 0 fully saturated rings. The zero-order valence-corrected chi connectivity index (χ0v) is 10.3. The largest absolute Gasteiger partial charge is 0.388 e. The summed E-state index contributed by atoms with van der Waals surface area (Å²) in [6, 6.07) is 3.91. The molecule has 1 aromatic carbocycles. The lowest BCUT2D eigenvalue weighted by molar-refractivity contribution is 0.864. The predicted octanol–water partition coefficient (Wildman–Crippen LogP) is 2.53. The van der Waals surface area contributed by atoms with Crippen molar-refractivity contribution in [1.29, 1.82) is 5.41 Å². The number of nitrogens with two attached hydrogens (primary N) is 1. The standard InChI is InChI=1S/C12H20N4/c1-7(2)10-5-9(16-14)6-11(15-4)12(10)8(3)13/h5-7,13,15-16H,14H2,1-4H3. The zero-order chi connectivity index (χ0) is 12.3. The van der Waals surface area contributed by atoms with E-state index >= 15 is 0 Å². The molecule has 0 atom stereocenters. The Labute approximate surface area is 96.7 Å². The van der Waals surface area contributed by atoms with Crippen molar-refractivity contribution in [1.82, 2.24) is 0 Å². The first-order chi connectivity index (χ1) is 7.51. The average molecular weight is 220 g/mol. The van der Waals surface area contributed by atoms with Gasteiger partial charge in [-0.05, 0) is 30.5 Å². The van der Waals surface area contributed by atoms with Gasteiger partial charge < -0.3 is 16.2 Å². The molecule has 0 unspecified atom stereocenters. The highest BCUT2D eigenvalue weighted by atomic mass is 15.2. The van der Waals surface area contributed by atoms with E-state index in [9.17, 15) is 0 Å². The molecule has 0 aromatic heterocycles. The first-order valence-electron chi connectivity index (χ1n) is 5.39. The molecular weight excluding hydrogens is 200 g/mol. The molecule has 1 aromatic rings. The Bertz CT molecular complexity index is 396. The van der Waals surface area contributed by atoms with Crippen LogP contribution in [0.4, 0.5) is 11.4 Å². The summed E-state index contributed by atoms with van der Waals surface area (Å²) in [7, 11) is 1.85. The van der Waals surface area contributed by atoms with Crippen LogP contribution in [0.3, 0.4) is 0 Å². The lowest BCUT2D eigenvalue weighted by Crippen LogP contribution is -2.11. The Hall–Kier alpha value is -1.55. The normalized spacial score (nSPS) is 10.4. The van der Waals surface area contributed by atoms with E-state index in [0.29, 0.717) is 11.6 Å². The van der Waals surface area contributed by atoms with Gasteiger partial charge in [-0.1, -0.05) is 13.8 Å². The van der Waals surface area contributed by atoms with E-state index in [1.807, 2.05) is 19.2 Å². The number of hydrogen-bond acceptors (Lipinski definition) is 4. The maximum absolute atomic E-state index is 7.85. The van der Waals surface area contributed by atoms with Gasteiger partial charge in [-0.15, -0.1) is 0 Å². The number of benzene rings is 1. The predicted molar refractivity (Wildman–Crippen MR) is 70.4 cm³/mol. The molecule has 0 radical (unpaired) electrons. The summed E-state index contributed by atoms with van der Waals surface area (Å²) >= 11 is 0. The molecule has 0 aliphatic carbocycles. The van der Waals surface area contributed by atoms with Crippen LogP contribution in [0.15, 0.2) is 12.1 Å². The minimum Gasteiger partial charge on any atom is -0.388 e. The highest BCUT2D eigenvalue weighted by molar-refractivity contribution is 6.03. The van der Waals surface area contributed by atoms with E-state index in [2.05, 4.69) is 24.6 Å². The van der Waals surface area contributed by atoms with Crippen LogP contribution in [0.2, 0.25) is 0 Å². The van der Waals surface area contributed by atoms with Crippen molar-refractivity contribution in [2.75, 3.05) is 17.8 Å². The summed E-state index contributed by atoms with van der Waals surface area (Å²) in [6.07, 6.45) is 0. The van der Waals surface area contributed by atoms with E-state index in [0.717, 1.165) is 22.5 Å². The van der Waals surface area contributed by atoms with Crippen molar-refractivity contribution in [3.8, 4) is 0 Å². The lowest BCUT2D eigenvalue weighted by Gasteiger charge is -2.18. The van der Waals surface area contributed by atoms with Gasteiger partial charge in [-0.25, -0.2) is 0 Å². The lowest BCUT2D eigenvalue weighted by atomic mass is 9.92. The monoisotopic (exact) mass is 220 g/mol. The molecule has 5 N–H and O–H groups in total. The average Bonchev–Trinajstić information content (AvgIpc) is 2.26. The Kier molecular flexibility index (Phi) is 3.90. The number of hydrazine groups is 1. The van der Waals surface area contributed by atoms with Crippen LogP contribution < -0.4 is 16.6 Å². The van der Waals surface area contributed by atoms with E-state index in [1.165, 1.54) is 0 Å². The van der Waals surface area contributed by atoms with Gasteiger partial charge in [-0.2, -0.15) is 0 Å². The second kappa shape index (κ2) is 4.99. The van der Waals surface area contributed by atoms with Gasteiger partial charge in [0.2, 0.25) is 0 Å². The highest BCUT2D eigenvalue weighted by Gasteiger charge is 2.14. The first kappa shape index (κ1) is 12.5. The number of hydrogen-bond donors (Lipinski definition) is 4. The fourth-order valence-corrected chi connectivity index (χ4v) is 1.82. The van der Waals surface area contributed by atoms with Crippen LogP contribution in [0.25, 0.3) is 0 Å². The van der Waals surface area contributed by atoms with Gasteiger partial charge in [0.15, 0.2) is 0 Å². The molecule has 0 bridgehead atoms. The molecule has 16 heavy (non-hydrogen) atoms. The van der Waals surface area contributed by atoms with Gasteiger partial charge in [0.05, 0.1) is 5.69 Å². The molecular formula is C12H20N4. The highest BCUT2D eigenvalue weighted by Crippen LogP contribution is 2.30. The number of nitrogens with one attached hydrogen (secondary N) is 3. The van der Waals surface area contributed by atoms with E-state index < -0.39 is 0 Å². The van der Waals surface area contributed by atoms with Crippen LogP contribution in [-0.2, 0) is 0 Å². The van der Waals surface area contributed by atoms with Crippen LogP contribution in [-0.4, -0.2) is 12.8 Å². The summed E-state index contributed by atoms with van der Waals surface area (Å²) in [4.78, 5) is 0. The fraction of sp³-hybridized carbons (Fsp3) is 0.417. The third-order valence-corrected chi connectivity index (χ3v) is 2.60. The molecule has 4 heteroatoms. The molecule has 0 aliphatic heterocycles. The quantitative estimate of drug-likeness (QED) is 0.358. The summed E-state index contributed by atoms with van der Waals surface area (Å²) in [5, 5.41) is 11.0. The second-order valence-electron chi connectivity index (χ2n) is 4.16. The summed E-state index contributed by atoms with van der Waals surface area (Å²) < 4.78 is 0. The minimum atomic E-state index is 0.357. The fourth-order valence-electron chi connectivity index (χ4n) is 1.82. The van der Waals surface area contributed by atoms with Crippen molar-refractivity contribution < 1.29 is 0 Å². The van der Waals surface area contributed by atoms with E-state index in [1.54, 1.807) is 6.92 Å². The SMILES string of the molecule is CNc1cc(NN)cc(C(C)C)c1C(C)=N. The molecule has 88 valence electrons. The van der Waals surface area contributed by atoms with Gasteiger partial charge >= 0.3 is 0 Å². The summed E-state index contributed by atoms with van der Waals surface area (Å²) in [5.74, 6) is 5.79. The molecule has 4 nitrogen and oxygen atoms in total. The third-order valence-electron chi connectivity index (χ3n) is 2.60. The van der Waals surface area contributed by atoms with Crippen LogP contribution in [0, 0.1) is 5.41 Å². The van der Waals surface area contributed by atoms with Crippen molar-refractivity contribution in [3.05, 3.63) is 23.3 Å². The van der Waals surface area contributed by atoms with Gasteiger partial charge in [-0.3, -0.25) is 5.84 Å². The smallest absolute Gasteiger partial charge is 0.0508 e. The van der Waals surface area contributed by atoms with Gasteiger partial charge in [0.1, 0.15) is 0 Å². The number of nitrogen functional groups attached to an aromatic ring is 1. The van der Waals surface area contributed by atoms with Gasteiger partial charge in [0, 0.05) is 24.0 Å². The molecule has 0 saturated heterocycles. The van der Waals surface area contributed by atoms with E-state index in [4.69, 9.17) is 11.3 Å². The molecule has 1 rings (SSSR count). The van der Waals surface area contributed by atoms with Crippen molar-refractivity contribution >= 4 is 17.1 Å². The van der Waals surface area contributed by atoms with Crippen molar-refractivity contribution in [2.24, 2.45) is 5.84 Å². The van der Waals surface area contributed by atoms with Crippen LogP contribution in [0.1, 0.15) is 37.8 Å². The molecule has 0 amide bonds. The number of anilines is 2. The Morgan fingerprint density at radius 1 is 1.38 bits per heavy atom. The minimum absolute atomic E-state index is 0.357. The Balaban J connectivity index is 3.47. The molecule has 0 saturated carbocycles. The van der Waals surface area contributed by atoms with E-state index in [-0.39, 0.29) is 0 Å². The van der Waals surface area contributed by atoms with Gasteiger partial charge in [0.25, 0.3) is 0 Å². The second-order valence-corrected chi connectivity index (χ2v) is 4.16. The van der Waals surface area contributed by atoms with Crippen molar-refractivity contribution in [3.63, 3.8) is 0 Å². The topological polar surface area (TPSA) is 73.9 Å². The third kappa shape index (κ3) is 2.33. The maximum Gasteiger partial charge on any atom is 0.0508 e. The maximum atomic E-state index is 7.85. The van der Waals surface area contributed by atoms with Crippen molar-refractivity contribution in [2.45, 2.75) is 26.7 Å². The Morgan fingerprint density at radius 2 is 2.00 bits per heavy atom. The Morgan fingerprint density at radius 3 is 2.38 bits per heavy atom. The molecule has 0 aliphatic rings. The molecule has 0 heterocycles. The summed E-state index contributed by atoms with van der Waals surface area (Å²) in [5.41, 5.74) is 7.12. The zero-order valence-electron chi connectivity index (χ0n) is 10.3. The summed E-state index contributed by atoms with van der Waals surface area (Å²) in [6.45, 7) is 6.03. The van der Waals surface area contributed by atoms with Crippen LogP contribution >= 0.6 is 0 Å². The number of rotatable bonds is 4.